The molecule has 0 radical (unpaired) electrons. The van der Waals surface area contributed by atoms with Crippen LogP contribution in [0.2, 0.25) is 0 Å². The molecule has 0 aromatic rings. The van der Waals surface area contributed by atoms with E-state index in [4.69, 9.17) is 0 Å². The third kappa shape index (κ3) is 5.37. The maximum absolute atomic E-state index is 10.1. The fourth-order valence-corrected chi connectivity index (χ4v) is 3.98. The number of halogens is 1. The van der Waals surface area contributed by atoms with Crippen molar-refractivity contribution in [3.63, 3.8) is 0 Å². The van der Waals surface area contributed by atoms with Crippen molar-refractivity contribution < 1.29 is 5.11 Å². The van der Waals surface area contributed by atoms with Crippen LogP contribution in [0.15, 0.2) is 0 Å². The lowest BCUT2D eigenvalue weighted by Gasteiger charge is -2.29. The first-order chi connectivity index (χ1) is 7.86. The fraction of sp³-hybridized carbons (Fsp3) is 1.00. The van der Waals surface area contributed by atoms with Gasteiger partial charge in [-0.3, -0.25) is 0 Å². The maximum Gasteiger partial charge on any atom is 0.0692 e. The molecule has 4 heteroatoms. The van der Waals surface area contributed by atoms with Gasteiger partial charge in [0.15, 0.2) is 0 Å². The number of aliphatic hydroxyl groups is 1. The molecule has 1 aliphatic carbocycles. The molecular weight excluding hydrogens is 254 g/mol. The Bertz CT molecular complexity index is 194. The van der Waals surface area contributed by atoms with E-state index in [0.29, 0.717) is 12.0 Å². The van der Waals surface area contributed by atoms with E-state index in [1.807, 2.05) is 0 Å². The third-order valence-corrected chi connectivity index (χ3v) is 5.08. The van der Waals surface area contributed by atoms with Gasteiger partial charge in [0.25, 0.3) is 0 Å². The summed E-state index contributed by atoms with van der Waals surface area (Å²) in [5.41, 5.74) is 0. The summed E-state index contributed by atoms with van der Waals surface area (Å²) in [5, 5.41) is 13.7. The topological polar surface area (TPSA) is 32.3 Å². The third-order valence-electron chi connectivity index (χ3n) is 4.03. The van der Waals surface area contributed by atoms with Crippen LogP contribution in [0.5, 0.6) is 0 Å². The van der Waals surface area contributed by atoms with Crippen LogP contribution in [0.25, 0.3) is 0 Å². The SMILES string of the molecule is Cl.OC(CNC1CCSCC1)C1CCCCC1. The molecule has 2 aliphatic rings. The summed E-state index contributed by atoms with van der Waals surface area (Å²) in [6, 6.07) is 0.666. The first-order valence-electron chi connectivity index (χ1n) is 6.85. The maximum atomic E-state index is 10.1. The van der Waals surface area contributed by atoms with Gasteiger partial charge in [0.1, 0.15) is 0 Å². The van der Waals surface area contributed by atoms with Crippen LogP contribution in [-0.2, 0) is 0 Å². The minimum Gasteiger partial charge on any atom is -0.392 e. The molecule has 1 saturated carbocycles. The van der Waals surface area contributed by atoms with Crippen molar-refractivity contribution in [2.24, 2.45) is 5.92 Å². The van der Waals surface area contributed by atoms with E-state index in [1.54, 1.807) is 0 Å². The predicted octanol–water partition coefficient (Wildman–Crippen LogP) is 2.83. The first-order valence-corrected chi connectivity index (χ1v) is 8.01. The summed E-state index contributed by atoms with van der Waals surface area (Å²) in [4.78, 5) is 0. The minimum atomic E-state index is -0.102. The lowest BCUT2D eigenvalue weighted by molar-refractivity contribution is 0.0810. The van der Waals surface area contributed by atoms with E-state index in [1.165, 1.54) is 56.5 Å². The Morgan fingerprint density at radius 2 is 1.71 bits per heavy atom. The molecule has 2 fully saturated rings. The molecule has 0 spiro atoms. The fourth-order valence-electron chi connectivity index (χ4n) is 2.87. The normalized spacial score (nSPS) is 25.2. The van der Waals surface area contributed by atoms with Crippen molar-refractivity contribution in [2.45, 2.75) is 57.1 Å². The summed E-state index contributed by atoms with van der Waals surface area (Å²) in [6.07, 6.45) is 8.95. The van der Waals surface area contributed by atoms with Crippen molar-refractivity contribution in [3.05, 3.63) is 0 Å². The average Bonchev–Trinajstić information content (AvgIpc) is 2.38. The standard InChI is InChI=1S/C13H25NOS.ClH/c15-13(11-4-2-1-3-5-11)10-14-12-6-8-16-9-7-12;/h11-15H,1-10H2;1H. The van der Waals surface area contributed by atoms with E-state index in [-0.39, 0.29) is 18.5 Å². The highest BCUT2D eigenvalue weighted by molar-refractivity contribution is 7.99. The zero-order chi connectivity index (χ0) is 11.2. The van der Waals surface area contributed by atoms with Gasteiger partial charge in [-0.25, -0.2) is 0 Å². The molecule has 1 saturated heterocycles. The van der Waals surface area contributed by atoms with Gasteiger partial charge in [-0.05, 0) is 43.1 Å². The van der Waals surface area contributed by atoms with Crippen LogP contribution in [0.4, 0.5) is 0 Å². The molecule has 2 rings (SSSR count). The van der Waals surface area contributed by atoms with Gasteiger partial charge in [0.05, 0.1) is 6.10 Å². The van der Waals surface area contributed by atoms with E-state index < -0.39 is 0 Å². The van der Waals surface area contributed by atoms with Crippen LogP contribution in [0.1, 0.15) is 44.9 Å². The summed E-state index contributed by atoms with van der Waals surface area (Å²) in [5.74, 6) is 3.15. The largest absolute Gasteiger partial charge is 0.392 e. The van der Waals surface area contributed by atoms with Crippen molar-refractivity contribution in [1.29, 1.82) is 0 Å². The molecule has 102 valence electrons. The zero-order valence-corrected chi connectivity index (χ0v) is 12.2. The molecule has 1 aliphatic heterocycles. The number of aliphatic hydroxyl groups excluding tert-OH is 1. The van der Waals surface area contributed by atoms with Gasteiger partial charge in [0, 0.05) is 12.6 Å². The second-order valence-corrected chi connectivity index (χ2v) is 6.49. The Morgan fingerprint density at radius 1 is 1.06 bits per heavy atom. The minimum absolute atomic E-state index is 0. The van der Waals surface area contributed by atoms with Crippen molar-refractivity contribution >= 4 is 24.2 Å². The monoisotopic (exact) mass is 279 g/mol. The molecule has 0 amide bonds. The molecule has 0 aromatic heterocycles. The predicted molar refractivity (Wildman–Crippen MR) is 78.2 cm³/mol. The zero-order valence-electron chi connectivity index (χ0n) is 10.6. The van der Waals surface area contributed by atoms with Gasteiger partial charge in [-0.15, -0.1) is 12.4 Å². The highest BCUT2D eigenvalue weighted by Gasteiger charge is 2.22. The average molecular weight is 280 g/mol. The van der Waals surface area contributed by atoms with Crippen LogP contribution in [0.3, 0.4) is 0 Å². The van der Waals surface area contributed by atoms with Gasteiger partial charge in [-0.1, -0.05) is 19.3 Å². The number of nitrogens with one attached hydrogen (secondary N) is 1. The molecule has 17 heavy (non-hydrogen) atoms. The van der Waals surface area contributed by atoms with Crippen LogP contribution in [0, 0.1) is 5.92 Å². The summed E-state index contributed by atoms with van der Waals surface area (Å²) < 4.78 is 0. The van der Waals surface area contributed by atoms with Crippen molar-refractivity contribution in [2.75, 3.05) is 18.1 Å². The Labute approximate surface area is 116 Å². The number of thioether (sulfide) groups is 1. The molecule has 2 nitrogen and oxygen atoms in total. The van der Waals surface area contributed by atoms with Gasteiger partial charge in [-0.2, -0.15) is 11.8 Å². The van der Waals surface area contributed by atoms with Crippen LogP contribution in [-0.4, -0.2) is 35.3 Å². The van der Waals surface area contributed by atoms with Crippen LogP contribution >= 0.6 is 24.2 Å². The highest BCUT2D eigenvalue weighted by atomic mass is 35.5. The highest BCUT2D eigenvalue weighted by Crippen LogP contribution is 2.26. The molecule has 1 heterocycles. The first kappa shape index (κ1) is 15.6. The second kappa shape index (κ2) is 8.63. The summed E-state index contributed by atoms with van der Waals surface area (Å²) in [6.45, 7) is 0.819. The molecule has 1 unspecified atom stereocenters. The summed E-state index contributed by atoms with van der Waals surface area (Å²) >= 11 is 2.06. The molecular formula is C13H26ClNOS. The van der Waals surface area contributed by atoms with Gasteiger partial charge < -0.3 is 10.4 Å². The van der Waals surface area contributed by atoms with Gasteiger partial charge >= 0.3 is 0 Å². The van der Waals surface area contributed by atoms with Crippen LogP contribution < -0.4 is 5.32 Å². The molecule has 0 bridgehead atoms. The Hall–Kier alpha value is 0.560. The van der Waals surface area contributed by atoms with Crippen molar-refractivity contribution in [3.8, 4) is 0 Å². The lowest BCUT2D eigenvalue weighted by Crippen LogP contribution is -2.40. The molecule has 1 atom stereocenters. The number of rotatable bonds is 4. The van der Waals surface area contributed by atoms with Gasteiger partial charge in [0.2, 0.25) is 0 Å². The second-order valence-electron chi connectivity index (χ2n) is 5.26. The lowest BCUT2D eigenvalue weighted by atomic mass is 9.85. The van der Waals surface area contributed by atoms with E-state index in [2.05, 4.69) is 17.1 Å². The summed E-state index contributed by atoms with van der Waals surface area (Å²) in [7, 11) is 0. The number of hydrogen-bond donors (Lipinski definition) is 2. The number of hydrogen-bond acceptors (Lipinski definition) is 3. The van der Waals surface area contributed by atoms with E-state index in [9.17, 15) is 5.11 Å². The Balaban J connectivity index is 0.00000144. The molecule has 0 aromatic carbocycles. The van der Waals surface area contributed by atoms with Crippen molar-refractivity contribution in [1.82, 2.24) is 5.32 Å². The quantitative estimate of drug-likeness (QED) is 0.830. The Morgan fingerprint density at radius 3 is 2.35 bits per heavy atom. The van der Waals surface area contributed by atoms with E-state index >= 15 is 0 Å². The molecule has 2 N–H and O–H groups in total. The van der Waals surface area contributed by atoms with E-state index in [0.717, 1.165) is 6.54 Å². The smallest absolute Gasteiger partial charge is 0.0692 e. The Kier molecular flexibility index (Phi) is 7.92.